The molecule has 1 heterocycles. The lowest BCUT2D eigenvalue weighted by Gasteiger charge is -2.27. The number of hydrogen-bond donors (Lipinski definition) is 0. The summed E-state index contributed by atoms with van der Waals surface area (Å²) in [6, 6.07) is 76.6. The Morgan fingerprint density at radius 2 is 0.786 bits per heavy atom. The number of benzene rings is 10. The summed E-state index contributed by atoms with van der Waals surface area (Å²) in [4.78, 5) is 2.38. The van der Waals surface area contributed by atoms with Crippen molar-refractivity contribution in [2.45, 2.75) is 0 Å². The average molecular weight is 714 g/mol. The molecule has 0 aliphatic carbocycles. The van der Waals surface area contributed by atoms with E-state index in [4.69, 9.17) is 4.42 Å². The van der Waals surface area contributed by atoms with Crippen molar-refractivity contribution in [2.75, 3.05) is 4.90 Å². The molecule has 0 amide bonds. The number of rotatable bonds is 6. The van der Waals surface area contributed by atoms with Crippen LogP contribution < -0.4 is 4.90 Å². The van der Waals surface area contributed by atoms with Crippen molar-refractivity contribution in [3.05, 3.63) is 212 Å². The molecule has 0 aliphatic rings. The number of anilines is 3. The van der Waals surface area contributed by atoms with Gasteiger partial charge < -0.3 is 9.32 Å². The molecule has 0 bridgehead atoms. The Bertz CT molecular complexity index is 3130. The first-order valence-corrected chi connectivity index (χ1v) is 19.2. The molecule has 1 aromatic heterocycles. The van der Waals surface area contributed by atoms with E-state index in [1.807, 2.05) is 0 Å². The van der Waals surface area contributed by atoms with Gasteiger partial charge >= 0.3 is 0 Å². The predicted molar refractivity (Wildman–Crippen MR) is 237 cm³/mol. The average Bonchev–Trinajstić information content (AvgIpc) is 3.63. The summed E-state index contributed by atoms with van der Waals surface area (Å²) in [5.41, 5.74) is 12.2. The molecule has 0 aliphatic heterocycles. The van der Waals surface area contributed by atoms with Gasteiger partial charge in [0.2, 0.25) is 0 Å². The van der Waals surface area contributed by atoms with Gasteiger partial charge in [0.15, 0.2) is 0 Å². The maximum atomic E-state index is 6.44. The van der Waals surface area contributed by atoms with Crippen LogP contribution in [0.1, 0.15) is 0 Å². The molecule has 0 fully saturated rings. The van der Waals surface area contributed by atoms with Gasteiger partial charge in [0.05, 0.1) is 0 Å². The molecule has 2 heteroatoms. The highest BCUT2D eigenvalue weighted by Gasteiger charge is 2.18. The molecule has 10 aromatic carbocycles. The van der Waals surface area contributed by atoms with Crippen LogP contribution in [0.15, 0.2) is 217 Å². The molecule has 0 saturated carbocycles. The van der Waals surface area contributed by atoms with Gasteiger partial charge in [-0.3, -0.25) is 0 Å². The topological polar surface area (TPSA) is 16.4 Å². The highest BCUT2D eigenvalue weighted by atomic mass is 16.3. The Morgan fingerprint density at radius 1 is 0.286 bits per heavy atom. The minimum atomic E-state index is 0.897. The van der Waals surface area contributed by atoms with Crippen molar-refractivity contribution >= 4 is 71.3 Å². The highest BCUT2D eigenvalue weighted by molar-refractivity contribution is 6.15. The van der Waals surface area contributed by atoms with E-state index < -0.39 is 0 Å². The van der Waals surface area contributed by atoms with E-state index in [9.17, 15) is 0 Å². The molecule has 0 atom stereocenters. The second-order valence-corrected chi connectivity index (χ2v) is 14.5. The second-order valence-electron chi connectivity index (χ2n) is 14.5. The van der Waals surface area contributed by atoms with Gasteiger partial charge in [-0.25, -0.2) is 0 Å². The highest BCUT2D eigenvalue weighted by Crippen LogP contribution is 2.43. The van der Waals surface area contributed by atoms with E-state index in [1.165, 1.54) is 54.6 Å². The molecule has 56 heavy (non-hydrogen) atoms. The third-order valence-electron chi connectivity index (χ3n) is 11.2. The molecule has 11 aromatic rings. The van der Waals surface area contributed by atoms with Crippen molar-refractivity contribution < 1.29 is 4.42 Å². The standard InChI is InChI=1S/C54H35NO/c1-2-15-40-35-53-51(34-39(40)14-1)54-50(26-11-27-52(54)56-53)38-28-30-43(31-29-38)55(44-20-7-18-41(32-44)48-24-9-16-36-12-3-5-22-46(36)48)45-21-8-19-42(33-45)49-25-10-17-37-13-4-6-23-47(37)49/h1-35H. The molecular formula is C54H35NO. The van der Waals surface area contributed by atoms with Crippen molar-refractivity contribution in [1.29, 1.82) is 0 Å². The minimum Gasteiger partial charge on any atom is -0.456 e. The third-order valence-corrected chi connectivity index (χ3v) is 11.2. The van der Waals surface area contributed by atoms with Crippen LogP contribution in [0.4, 0.5) is 17.1 Å². The summed E-state index contributed by atoms with van der Waals surface area (Å²) in [6.45, 7) is 0. The number of fused-ring (bicyclic) bond motifs is 6. The summed E-state index contributed by atoms with van der Waals surface area (Å²) in [5.74, 6) is 0. The van der Waals surface area contributed by atoms with Crippen molar-refractivity contribution in [3.63, 3.8) is 0 Å². The van der Waals surface area contributed by atoms with E-state index in [-0.39, 0.29) is 0 Å². The second kappa shape index (κ2) is 13.2. The van der Waals surface area contributed by atoms with Crippen molar-refractivity contribution in [2.24, 2.45) is 0 Å². The van der Waals surface area contributed by atoms with Gasteiger partial charge in [-0.15, -0.1) is 0 Å². The first-order valence-electron chi connectivity index (χ1n) is 19.2. The first-order chi connectivity index (χ1) is 27.7. The lowest BCUT2D eigenvalue weighted by Crippen LogP contribution is -2.10. The Balaban J connectivity index is 1.07. The zero-order valence-corrected chi connectivity index (χ0v) is 30.6. The molecule has 0 spiro atoms. The van der Waals surface area contributed by atoms with Crippen LogP contribution in [-0.2, 0) is 0 Å². The van der Waals surface area contributed by atoms with E-state index >= 15 is 0 Å². The molecule has 0 saturated heterocycles. The van der Waals surface area contributed by atoms with Gasteiger partial charge in [0.25, 0.3) is 0 Å². The molecule has 0 unspecified atom stereocenters. The Hall–Kier alpha value is -7.42. The largest absolute Gasteiger partial charge is 0.456 e. The predicted octanol–water partition coefficient (Wildman–Crippen LogP) is 15.5. The van der Waals surface area contributed by atoms with Crippen LogP contribution in [0.2, 0.25) is 0 Å². The maximum Gasteiger partial charge on any atom is 0.136 e. The van der Waals surface area contributed by atoms with E-state index in [0.717, 1.165) is 50.1 Å². The molecule has 2 nitrogen and oxygen atoms in total. The van der Waals surface area contributed by atoms with Crippen molar-refractivity contribution in [1.82, 2.24) is 0 Å². The zero-order chi connectivity index (χ0) is 37.0. The lowest BCUT2D eigenvalue weighted by molar-refractivity contribution is 0.669. The molecule has 11 rings (SSSR count). The molecular weight excluding hydrogens is 679 g/mol. The fourth-order valence-electron chi connectivity index (χ4n) is 8.57. The summed E-state index contributed by atoms with van der Waals surface area (Å²) < 4.78 is 6.44. The quantitative estimate of drug-likeness (QED) is 0.171. The van der Waals surface area contributed by atoms with Crippen LogP contribution in [0.25, 0.3) is 87.6 Å². The monoisotopic (exact) mass is 713 g/mol. The normalized spacial score (nSPS) is 11.6. The smallest absolute Gasteiger partial charge is 0.136 e. The molecule has 0 N–H and O–H groups in total. The van der Waals surface area contributed by atoms with Gasteiger partial charge in [-0.1, -0.05) is 158 Å². The summed E-state index contributed by atoms with van der Waals surface area (Å²) in [7, 11) is 0. The van der Waals surface area contributed by atoms with Crippen molar-refractivity contribution in [3.8, 4) is 33.4 Å². The number of furan rings is 1. The van der Waals surface area contributed by atoms with E-state index in [1.54, 1.807) is 0 Å². The van der Waals surface area contributed by atoms with Crippen LogP contribution in [0, 0.1) is 0 Å². The third kappa shape index (κ3) is 5.42. The Morgan fingerprint density at radius 3 is 1.41 bits per heavy atom. The number of nitrogens with zero attached hydrogens (tertiary/aromatic N) is 1. The van der Waals surface area contributed by atoms with E-state index in [0.29, 0.717) is 0 Å². The number of hydrogen-bond acceptors (Lipinski definition) is 2. The van der Waals surface area contributed by atoms with Crippen LogP contribution >= 0.6 is 0 Å². The van der Waals surface area contributed by atoms with Gasteiger partial charge in [0, 0.05) is 27.8 Å². The molecule has 0 radical (unpaired) electrons. The van der Waals surface area contributed by atoms with Gasteiger partial charge in [-0.2, -0.15) is 0 Å². The van der Waals surface area contributed by atoms with Gasteiger partial charge in [0.1, 0.15) is 11.2 Å². The SMILES string of the molecule is c1cc(-c2cccc3ccccc23)cc(N(c2ccc(-c3cccc4oc5cc6ccccc6cc5c34)cc2)c2cccc(-c3cccc4ccccc34)c2)c1. The van der Waals surface area contributed by atoms with Gasteiger partial charge in [-0.05, 0) is 120 Å². The summed E-state index contributed by atoms with van der Waals surface area (Å²) in [5, 5.41) is 9.63. The fourth-order valence-corrected chi connectivity index (χ4v) is 8.57. The van der Waals surface area contributed by atoms with E-state index in [2.05, 4.69) is 217 Å². The Kier molecular flexibility index (Phi) is 7.53. The zero-order valence-electron chi connectivity index (χ0n) is 30.6. The maximum absolute atomic E-state index is 6.44. The minimum absolute atomic E-state index is 0.897. The first kappa shape index (κ1) is 32.0. The Labute approximate surface area is 325 Å². The van der Waals surface area contributed by atoms with Crippen LogP contribution in [0.5, 0.6) is 0 Å². The summed E-state index contributed by atoms with van der Waals surface area (Å²) >= 11 is 0. The van der Waals surface area contributed by atoms with Crippen LogP contribution in [0.3, 0.4) is 0 Å². The molecule has 262 valence electrons. The van der Waals surface area contributed by atoms with Crippen LogP contribution in [-0.4, -0.2) is 0 Å². The fraction of sp³-hybridized carbons (Fsp3) is 0. The summed E-state index contributed by atoms with van der Waals surface area (Å²) in [6.07, 6.45) is 0. The lowest BCUT2D eigenvalue weighted by atomic mass is 9.96.